The van der Waals surface area contributed by atoms with Gasteiger partial charge in [-0.15, -0.1) is 11.3 Å². The zero-order valence-corrected chi connectivity index (χ0v) is 17.4. The van der Waals surface area contributed by atoms with Crippen molar-refractivity contribution in [2.24, 2.45) is 0 Å². The van der Waals surface area contributed by atoms with Crippen LogP contribution in [0.3, 0.4) is 0 Å². The van der Waals surface area contributed by atoms with E-state index in [0.29, 0.717) is 34.9 Å². The van der Waals surface area contributed by atoms with Crippen molar-refractivity contribution in [3.05, 3.63) is 39.8 Å². The summed E-state index contributed by atoms with van der Waals surface area (Å²) in [5.41, 5.74) is 1.19. The quantitative estimate of drug-likeness (QED) is 0.387. The topological polar surface area (TPSA) is 163 Å². The summed E-state index contributed by atoms with van der Waals surface area (Å²) in [6.45, 7) is 0.767. The fourth-order valence-electron chi connectivity index (χ4n) is 3.58. The van der Waals surface area contributed by atoms with E-state index in [4.69, 9.17) is 14.6 Å². The summed E-state index contributed by atoms with van der Waals surface area (Å²) in [4.78, 5) is 47.1. The van der Waals surface area contributed by atoms with Gasteiger partial charge in [-0.2, -0.15) is 0 Å². The first-order valence-electron chi connectivity index (χ1n) is 9.62. The summed E-state index contributed by atoms with van der Waals surface area (Å²) in [6.07, 6.45) is 0.458. The highest BCUT2D eigenvalue weighted by molar-refractivity contribution is 7.17. The van der Waals surface area contributed by atoms with Crippen molar-refractivity contribution in [3.8, 4) is 11.5 Å². The number of thiophene rings is 1. The standard InChI is InChI=1S/C20H19N3O8S/c24-15(4-9-1-2-12-13(3-9)31-8-30-12)22-6-10-5-11-14(7-21-10)32-18(16(11)19(26)27)23-17(25)20(28)29/h1-3,10,21H,4-8H2,(H,22,24)(H,23,25)(H,26,27)(H,28,29). The van der Waals surface area contributed by atoms with Gasteiger partial charge in [-0.3, -0.25) is 9.59 Å². The number of carbonyl (C=O) groups excluding carboxylic acids is 2. The van der Waals surface area contributed by atoms with E-state index in [1.807, 2.05) is 0 Å². The van der Waals surface area contributed by atoms with Crippen molar-refractivity contribution < 1.29 is 38.9 Å². The minimum absolute atomic E-state index is 0.0100. The molecule has 0 saturated heterocycles. The Morgan fingerprint density at radius 1 is 1.16 bits per heavy atom. The lowest BCUT2D eigenvalue weighted by atomic mass is 9.98. The van der Waals surface area contributed by atoms with E-state index in [9.17, 15) is 24.3 Å². The Balaban J connectivity index is 1.38. The van der Waals surface area contributed by atoms with Crippen LogP contribution in [0.2, 0.25) is 0 Å². The van der Waals surface area contributed by atoms with Crippen molar-refractivity contribution in [2.75, 3.05) is 18.7 Å². The second-order valence-corrected chi connectivity index (χ2v) is 8.33. The molecule has 1 aromatic carbocycles. The summed E-state index contributed by atoms with van der Waals surface area (Å²) in [5, 5.41) is 26.6. The molecule has 3 heterocycles. The van der Waals surface area contributed by atoms with Gasteiger partial charge in [0.25, 0.3) is 0 Å². The van der Waals surface area contributed by atoms with Gasteiger partial charge in [0.1, 0.15) is 5.00 Å². The molecule has 168 valence electrons. The van der Waals surface area contributed by atoms with Gasteiger partial charge in [-0.25, -0.2) is 9.59 Å². The first kappa shape index (κ1) is 21.6. The predicted octanol–water partition coefficient (Wildman–Crippen LogP) is 0.571. The van der Waals surface area contributed by atoms with E-state index in [1.165, 1.54) is 0 Å². The molecule has 0 aliphatic carbocycles. The van der Waals surface area contributed by atoms with Crippen molar-refractivity contribution in [3.63, 3.8) is 0 Å². The van der Waals surface area contributed by atoms with Crippen LogP contribution in [0.4, 0.5) is 5.00 Å². The zero-order valence-electron chi connectivity index (χ0n) is 16.6. The fraction of sp³-hybridized carbons (Fsp3) is 0.300. The minimum Gasteiger partial charge on any atom is -0.478 e. The largest absolute Gasteiger partial charge is 0.478 e. The number of rotatable bonds is 6. The molecule has 32 heavy (non-hydrogen) atoms. The number of carboxylic acid groups (broad SMARTS) is 2. The molecule has 1 atom stereocenters. The third kappa shape index (κ3) is 4.50. The van der Waals surface area contributed by atoms with Crippen molar-refractivity contribution >= 4 is 40.1 Å². The van der Waals surface area contributed by atoms with Crippen LogP contribution in [0.15, 0.2) is 18.2 Å². The number of carbonyl (C=O) groups is 4. The number of ether oxygens (including phenoxy) is 2. The number of aliphatic carboxylic acids is 1. The van der Waals surface area contributed by atoms with E-state index in [2.05, 4.69) is 16.0 Å². The van der Waals surface area contributed by atoms with Gasteiger partial charge in [0.2, 0.25) is 12.7 Å². The Kier molecular flexibility index (Phi) is 5.97. The summed E-state index contributed by atoms with van der Waals surface area (Å²) < 4.78 is 10.6. The number of aromatic carboxylic acids is 1. The van der Waals surface area contributed by atoms with E-state index in [1.54, 1.807) is 18.2 Å². The van der Waals surface area contributed by atoms with Crippen molar-refractivity contribution in [1.82, 2.24) is 10.6 Å². The number of hydrogen-bond donors (Lipinski definition) is 5. The summed E-state index contributed by atoms with van der Waals surface area (Å²) in [6, 6.07) is 5.07. The smallest absolute Gasteiger partial charge is 0.394 e. The van der Waals surface area contributed by atoms with Crippen LogP contribution in [0.25, 0.3) is 0 Å². The SMILES string of the molecule is O=C(Cc1ccc2c(c1)OCO2)NCC1Cc2c(sc(NC(=O)C(=O)O)c2C(=O)O)CN1. The average Bonchev–Trinajstić information content (AvgIpc) is 3.35. The fourth-order valence-corrected chi connectivity index (χ4v) is 4.74. The first-order chi connectivity index (χ1) is 15.3. The number of nitrogens with one attached hydrogen (secondary N) is 3. The Bertz CT molecular complexity index is 1110. The lowest BCUT2D eigenvalue weighted by molar-refractivity contribution is -0.147. The van der Waals surface area contributed by atoms with Gasteiger partial charge >= 0.3 is 17.8 Å². The third-order valence-corrected chi connectivity index (χ3v) is 6.22. The van der Waals surface area contributed by atoms with Crippen LogP contribution >= 0.6 is 11.3 Å². The molecule has 5 N–H and O–H groups in total. The highest BCUT2D eigenvalue weighted by Gasteiger charge is 2.30. The molecule has 0 saturated carbocycles. The molecule has 4 rings (SSSR count). The molecule has 11 nitrogen and oxygen atoms in total. The highest BCUT2D eigenvalue weighted by Crippen LogP contribution is 2.36. The lowest BCUT2D eigenvalue weighted by Gasteiger charge is -2.24. The molecule has 0 bridgehead atoms. The van der Waals surface area contributed by atoms with Gasteiger partial charge in [-0.1, -0.05) is 6.07 Å². The van der Waals surface area contributed by atoms with E-state index >= 15 is 0 Å². The van der Waals surface area contributed by atoms with Gasteiger partial charge in [-0.05, 0) is 29.7 Å². The lowest BCUT2D eigenvalue weighted by Crippen LogP contribution is -2.44. The van der Waals surface area contributed by atoms with Crippen LogP contribution in [0.5, 0.6) is 11.5 Å². The zero-order chi connectivity index (χ0) is 22.8. The second-order valence-electron chi connectivity index (χ2n) is 7.22. The Morgan fingerprint density at radius 2 is 1.94 bits per heavy atom. The number of carboxylic acids is 2. The molecule has 2 aliphatic rings. The molecule has 2 amide bonds. The maximum Gasteiger partial charge on any atom is 0.394 e. The first-order valence-corrected chi connectivity index (χ1v) is 10.4. The average molecular weight is 461 g/mol. The maximum absolute atomic E-state index is 12.4. The van der Waals surface area contributed by atoms with Crippen LogP contribution in [0.1, 0.15) is 26.4 Å². The molecule has 0 radical (unpaired) electrons. The molecular formula is C20H19N3O8S. The number of benzene rings is 1. The predicted molar refractivity (Wildman–Crippen MR) is 111 cm³/mol. The molecule has 0 spiro atoms. The molecule has 2 aliphatic heterocycles. The van der Waals surface area contributed by atoms with Crippen LogP contribution < -0.4 is 25.4 Å². The van der Waals surface area contributed by atoms with E-state index < -0.39 is 17.8 Å². The van der Waals surface area contributed by atoms with Crippen molar-refractivity contribution in [2.45, 2.75) is 25.4 Å². The summed E-state index contributed by atoms with van der Waals surface area (Å²) >= 11 is 1.03. The summed E-state index contributed by atoms with van der Waals surface area (Å²) in [7, 11) is 0. The highest BCUT2D eigenvalue weighted by atomic mass is 32.1. The number of hydrogen-bond acceptors (Lipinski definition) is 8. The Hall–Kier alpha value is -3.64. The monoisotopic (exact) mass is 461 g/mol. The van der Waals surface area contributed by atoms with Gasteiger partial charge in [0.15, 0.2) is 11.5 Å². The minimum atomic E-state index is -1.70. The van der Waals surface area contributed by atoms with Gasteiger partial charge < -0.3 is 35.6 Å². The maximum atomic E-state index is 12.4. The molecule has 2 aromatic rings. The van der Waals surface area contributed by atoms with Gasteiger partial charge in [0.05, 0.1) is 12.0 Å². The number of fused-ring (bicyclic) bond motifs is 2. The molecule has 12 heteroatoms. The number of amides is 2. The van der Waals surface area contributed by atoms with Crippen LogP contribution in [-0.4, -0.2) is 53.3 Å². The third-order valence-electron chi connectivity index (χ3n) is 5.07. The molecule has 1 aromatic heterocycles. The number of anilines is 1. The normalized spacial score (nSPS) is 16.2. The van der Waals surface area contributed by atoms with Crippen molar-refractivity contribution in [1.29, 1.82) is 0 Å². The van der Waals surface area contributed by atoms with Crippen LogP contribution in [-0.2, 0) is 33.8 Å². The van der Waals surface area contributed by atoms with Crippen LogP contribution in [0, 0.1) is 0 Å². The van der Waals surface area contributed by atoms with E-state index in [0.717, 1.165) is 16.9 Å². The second kappa shape index (κ2) is 8.85. The molecule has 1 unspecified atom stereocenters. The molecule has 0 fully saturated rings. The summed E-state index contributed by atoms with van der Waals surface area (Å²) in [5.74, 6) is -3.22. The van der Waals surface area contributed by atoms with E-state index in [-0.39, 0.29) is 42.3 Å². The van der Waals surface area contributed by atoms with Gasteiger partial charge in [0, 0.05) is 24.0 Å². The Morgan fingerprint density at radius 3 is 2.69 bits per heavy atom. The Labute approximate surface area is 185 Å². The molecular weight excluding hydrogens is 442 g/mol.